The number of allylic oxidation sites excluding steroid dienone is 4. The van der Waals surface area contributed by atoms with Gasteiger partial charge in [0.2, 0.25) is 0 Å². The molecule has 0 amide bonds. The molecule has 2 atom stereocenters. The van der Waals surface area contributed by atoms with Crippen molar-refractivity contribution in [1.29, 1.82) is 0 Å². The summed E-state index contributed by atoms with van der Waals surface area (Å²) in [5.74, 6) is 0.554. The van der Waals surface area contributed by atoms with Crippen LogP contribution in [0, 0.1) is 22.8 Å². The Morgan fingerprint density at radius 2 is 0.938 bits per heavy atom. The molecule has 3 aliphatic carbocycles. The molecule has 0 saturated heterocycles. The molecular weight excluding hydrogens is 1720 g/mol. The van der Waals surface area contributed by atoms with Gasteiger partial charge in [-0.2, -0.15) is 0 Å². The number of aromatic nitrogens is 3. The predicted molar refractivity (Wildman–Crippen MR) is 464 cm³/mol. The molecule has 16 nitrogen and oxygen atoms in total. The Morgan fingerprint density at radius 1 is 0.504 bits per heavy atom. The average molecular weight is 1820 g/mol. The van der Waals surface area contributed by atoms with Gasteiger partial charge < -0.3 is 54.9 Å². The van der Waals surface area contributed by atoms with Crippen LogP contribution in [0.1, 0.15) is 173 Å². The first-order valence-electron chi connectivity index (χ1n) is 37.6. The van der Waals surface area contributed by atoms with E-state index < -0.39 is 5.97 Å². The Hall–Kier alpha value is -9.03. The number of carbonyl (C=O) groups excluding carboxylic acids is 4. The van der Waals surface area contributed by atoms with Gasteiger partial charge >= 0.3 is 98.7 Å². The molecule has 3 aromatic heterocycles. The number of halogens is 2. The van der Waals surface area contributed by atoms with Crippen molar-refractivity contribution in [3.63, 3.8) is 0 Å². The third-order valence-electron chi connectivity index (χ3n) is 18.5. The standard InChI is InChI=1S/C23H23NO2.C21H21NO2.C17H15NO2.C10H11IO2.C9H11NO2.C8H6.C6H9Br.Cs.2H2O/c1-2-26-23(25)18-13-14-21-19(15-18)16-22(17-9-5-3-6-10-17)24(21)20-11-7-4-8-12-20;23-21(24)16-11-12-19-17(13-16)14-20(15-7-3-1-4-8-15)22(19)18-9-5-2-6-10-18;1-2-20-17(19)13-8-9-15-14(10-13)11-16(18-15)12-6-4-3-5-7-12;1-3-13-10(12)8-5-4-7(2)9(11)6-8;1-2-12-9(11)7-3-5-8(10)6-4-7;1-2-8-6-4-3-5-7-8;7-6-4-2-1-3-5-6;;;/h3,5-7,9-11,13-16,20H,2,4,8,12H2,1H3;1,3-4,7-8,11-14,18H,2,5-6,9-10H2,(H,23,24);3-11,18H,2H2,1H3;4-6H,3H2,1-2H3;3-6H,2,10H2,1H3;1,3-7H;2,4,6H,1,3,5H2;;2*1H2/q;;;;;;;+1;;/p-1. The fraction of sp³-hybridized carbons (Fsp3) is 0.245. The van der Waals surface area contributed by atoms with Crippen molar-refractivity contribution in [3.05, 3.63) is 303 Å². The number of fused-ring (bicyclic) bond motifs is 3. The molecule has 19 heteroatoms. The van der Waals surface area contributed by atoms with Gasteiger partial charge in [-0.15, -0.1) is 6.42 Å². The maximum Gasteiger partial charge on any atom is 1.00 e. The molecule has 15 rings (SSSR count). The minimum absolute atomic E-state index is 0. The van der Waals surface area contributed by atoms with Crippen LogP contribution in [0.2, 0.25) is 0 Å². The molecular formula is C94H99BrCsIN4O12. The molecule has 0 spiro atoms. The van der Waals surface area contributed by atoms with Crippen molar-refractivity contribution in [2.45, 2.75) is 122 Å². The Labute approximate surface area is 744 Å². The van der Waals surface area contributed by atoms with Gasteiger partial charge in [0.1, 0.15) is 0 Å². The number of nitrogens with zero attached hydrogens (tertiary/aromatic N) is 2. The monoisotopic (exact) mass is 1810 g/mol. The summed E-state index contributed by atoms with van der Waals surface area (Å²) in [6, 6.07) is 76.9. The summed E-state index contributed by atoms with van der Waals surface area (Å²) in [6.07, 6.45) is 27.9. The van der Waals surface area contributed by atoms with Crippen LogP contribution in [0.15, 0.2) is 261 Å². The molecule has 3 heterocycles. The fourth-order valence-corrected chi connectivity index (χ4v) is 14.1. The van der Waals surface area contributed by atoms with Crippen molar-refractivity contribution in [2.75, 3.05) is 32.2 Å². The van der Waals surface area contributed by atoms with Gasteiger partial charge in [0.15, 0.2) is 0 Å². The van der Waals surface area contributed by atoms with Gasteiger partial charge in [-0.05, 0) is 252 Å². The van der Waals surface area contributed by atoms with Crippen LogP contribution in [0.25, 0.3) is 66.5 Å². The number of aromatic amines is 1. The summed E-state index contributed by atoms with van der Waals surface area (Å²) in [6.45, 7) is 10.8. The van der Waals surface area contributed by atoms with E-state index in [9.17, 15) is 29.1 Å². The summed E-state index contributed by atoms with van der Waals surface area (Å²) in [5.41, 5.74) is 21.2. The number of hydrogen-bond donors (Lipinski definition) is 3. The topological polar surface area (TPSA) is 256 Å². The molecule has 0 aliphatic heterocycles. The number of rotatable bonds is 14. The predicted octanol–water partition coefficient (Wildman–Crippen LogP) is 19.7. The third-order valence-corrected chi connectivity index (χ3v) is 20.5. The van der Waals surface area contributed by atoms with E-state index in [1.807, 2.05) is 123 Å². The zero-order chi connectivity index (χ0) is 78.2. The molecule has 0 bridgehead atoms. The molecule has 0 radical (unpaired) electrons. The van der Waals surface area contributed by atoms with Gasteiger partial charge in [-0.3, -0.25) is 0 Å². The maximum atomic E-state index is 12.1. The average Bonchev–Trinajstić information content (AvgIpc) is 1.62. The van der Waals surface area contributed by atoms with Crippen LogP contribution in [-0.2, 0) is 18.9 Å². The SMILES string of the molecule is BrC1C=CCCC1.C#Cc1ccccc1.CCOC(=O)c1ccc(C)c(I)c1.CCOC(=O)c1ccc(N)cc1.CCOC(=O)c1ccc2[nH]c(-c3ccccc3)cc2c1.CCOC(=O)c1ccc2c(c1)cc(-c1ccccc1)n2C1C=CCCC1.O.O=C(O)c1ccc2c(c1)cc(-c1ccccc1)n2C1CCCCC1.[Cs+].[OH-]. The molecule has 113 heavy (non-hydrogen) atoms. The van der Waals surface area contributed by atoms with E-state index in [1.165, 1.54) is 85.9 Å². The van der Waals surface area contributed by atoms with Crippen molar-refractivity contribution in [1.82, 2.24) is 14.1 Å². The maximum absolute atomic E-state index is 12.1. The number of carboxylic acid groups (broad SMARTS) is 1. The van der Waals surface area contributed by atoms with Crippen LogP contribution < -0.4 is 74.6 Å². The Bertz CT molecular complexity index is 5090. The molecule has 7 N–H and O–H groups in total. The van der Waals surface area contributed by atoms with Gasteiger partial charge in [-0.1, -0.05) is 181 Å². The number of anilines is 1. The number of benzene rings is 9. The first kappa shape index (κ1) is 92.8. The Kier molecular flexibility index (Phi) is 40.2. The third kappa shape index (κ3) is 27.6. The van der Waals surface area contributed by atoms with Crippen LogP contribution in [0.5, 0.6) is 0 Å². The number of hydrogen-bond acceptors (Lipinski definition) is 11. The minimum atomic E-state index is -0.872. The quantitative estimate of drug-likeness (QED) is 0.0175. The van der Waals surface area contributed by atoms with Crippen LogP contribution in [0.3, 0.4) is 0 Å². The number of esters is 4. The first-order valence-corrected chi connectivity index (χ1v) is 39.6. The Morgan fingerprint density at radius 3 is 1.40 bits per heavy atom. The molecule has 3 aliphatic rings. The van der Waals surface area contributed by atoms with Gasteiger partial charge in [0.25, 0.3) is 0 Å². The second-order valence-electron chi connectivity index (χ2n) is 26.3. The number of terminal acetylenes is 1. The number of carboxylic acids is 1. The number of nitrogens with one attached hydrogen (secondary N) is 1. The van der Waals surface area contributed by atoms with Crippen molar-refractivity contribution >= 4 is 107 Å². The van der Waals surface area contributed by atoms with E-state index in [2.05, 4.69) is 162 Å². The van der Waals surface area contributed by atoms with Gasteiger partial charge in [0, 0.05) is 75.5 Å². The van der Waals surface area contributed by atoms with Crippen molar-refractivity contribution < 1.29 is 128 Å². The van der Waals surface area contributed by atoms with Crippen LogP contribution >= 0.6 is 38.5 Å². The minimum Gasteiger partial charge on any atom is -0.870 e. The number of carbonyl (C=O) groups is 5. The van der Waals surface area contributed by atoms with E-state index in [0.717, 1.165) is 65.9 Å². The fourth-order valence-electron chi connectivity index (χ4n) is 13.0. The number of H-pyrrole nitrogens is 1. The zero-order valence-electron chi connectivity index (χ0n) is 65.0. The molecule has 1 fully saturated rings. The zero-order valence-corrected chi connectivity index (χ0v) is 75.1. The number of nitrogen functional groups attached to an aromatic ring is 1. The van der Waals surface area contributed by atoms with Gasteiger partial charge in [-0.25, -0.2) is 24.0 Å². The number of nitrogens with two attached hydrogens (primary N) is 1. The van der Waals surface area contributed by atoms with Crippen LogP contribution in [-0.4, -0.2) is 91.3 Å². The second-order valence-corrected chi connectivity index (χ2v) is 28.6. The smallest absolute Gasteiger partial charge is 0.870 e. The largest absolute Gasteiger partial charge is 1.00 e. The van der Waals surface area contributed by atoms with Crippen molar-refractivity contribution in [2.24, 2.45) is 0 Å². The molecule has 12 aromatic rings. The number of aryl methyl sites for hydroxylation is 1. The number of ether oxygens (including phenoxy) is 4. The normalized spacial score (nSPS) is 13.6. The molecule has 582 valence electrons. The summed E-state index contributed by atoms with van der Waals surface area (Å²) >= 11 is 5.71. The first-order chi connectivity index (χ1) is 53.5. The molecule has 9 aromatic carbocycles. The Balaban J connectivity index is 0.000000213. The summed E-state index contributed by atoms with van der Waals surface area (Å²) in [5, 5.41) is 12.4. The van der Waals surface area contributed by atoms with E-state index in [-0.39, 0.29) is 104 Å². The summed E-state index contributed by atoms with van der Waals surface area (Å²) in [7, 11) is 0. The van der Waals surface area contributed by atoms with E-state index >= 15 is 0 Å². The number of alkyl halides is 1. The summed E-state index contributed by atoms with van der Waals surface area (Å²) in [4.78, 5) is 61.5. The van der Waals surface area contributed by atoms with Crippen molar-refractivity contribution in [3.8, 4) is 46.1 Å². The second kappa shape index (κ2) is 48.9. The van der Waals surface area contributed by atoms with Crippen LogP contribution in [0.4, 0.5) is 5.69 Å². The van der Waals surface area contributed by atoms with Gasteiger partial charge in [0.05, 0.1) is 60.3 Å². The van der Waals surface area contributed by atoms with E-state index in [1.54, 1.807) is 69.3 Å². The van der Waals surface area contributed by atoms with E-state index in [4.69, 9.17) is 31.1 Å². The van der Waals surface area contributed by atoms with E-state index in [0.29, 0.717) is 76.8 Å². The number of aromatic carboxylic acids is 1. The molecule has 1 saturated carbocycles. The molecule has 2 unspecified atom stereocenters. The summed E-state index contributed by atoms with van der Waals surface area (Å²) < 4.78 is 25.8.